The summed E-state index contributed by atoms with van der Waals surface area (Å²) in [4.78, 5) is 23.4. The quantitative estimate of drug-likeness (QED) is 0.912. The second-order valence-corrected chi connectivity index (χ2v) is 4.88. The molecule has 0 radical (unpaired) electrons. The van der Waals surface area contributed by atoms with Crippen molar-refractivity contribution < 1.29 is 14.7 Å². The number of aryl methyl sites for hydroxylation is 1. The first kappa shape index (κ1) is 12.3. The van der Waals surface area contributed by atoms with Gasteiger partial charge >= 0.3 is 0 Å². The molecule has 2 aromatic rings. The molecule has 0 fully saturated rings. The Morgan fingerprint density at radius 3 is 2.33 bits per heavy atom. The number of carboxylic acids is 1. The van der Waals surface area contributed by atoms with Crippen molar-refractivity contribution in [3.8, 4) is 0 Å². The Morgan fingerprint density at radius 1 is 1.17 bits per heavy atom. The van der Waals surface area contributed by atoms with Gasteiger partial charge in [-0.25, -0.2) is 0 Å². The summed E-state index contributed by atoms with van der Waals surface area (Å²) in [6.45, 7) is 1.93. The lowest BCUT2D eigenvalue weighted by Gasteiger charge is -2.06. The van der Waals surface area contributed by atoms with E-state index in [4.69, 9.17) is 0 Å². The van der Waals surface area contributed by atoms with Gasteiger partial charge in [0.2, 0.25) is 0 Å². The lowest BCUT2D eigenvalue weighted by Crippen LogP contribution is -2.22. The molecule has 1 heterocycles. The van der Waals surface area contributed by atoms with E-state index in [2.05, 4.69) is 5.32 Å². The van der Waals surface area contributed by atoms with Crippen molar-refractivity contribution in [2.24, 2.45) is 0 Å². The van der Waals surface area contributed by atoms with Gasteiger partial charge in [0.1, 0.15) is 0 Å². The van der Waals surface area contributed by atoms with Gasteiger partial charge in [-0.15, -0.1) is 11.3 Å². The minimum absolute atomic E-state index is 0.0828. The van der Waals surface area contributed by atoms with Crippen LogP contribution in [0.15, 0.2) is 35.7 Å². The SMILES string of the molecule is Cc1cc(C(=O)Nc2ccc(C(=O)[O-])cc2)cs1. The molecule has 1 N–H and O–H groups in total. The second-order valence-electron chi connectivity index (χ2n) is 3.76. The highest BCUT2D eigenvalue weighted by Gasteiger charge is 2.07. The molecule has 1 amide bonds. The maximum Gasteiger partial charge on any atom is 0.256 e. The molecule has 0 saturated heterocycles. The standard InChI is InChI=1S/C13H11NO3S/c1-8-6-10(7-18-8)12(15)14-11-4-2-9(3-5-11)13(16)17/h2-7H,1H3,(H,14,15)(H,16,17)/p-1. The number of rotatable bonds is 3. The topological polar surface area (TPSA) is 69.2 Å². The van der Waals surface area contributed by atoms with Crippen molar-refractivity contribution in [1.82, 2.24) is 0 Å². The summed E-state index contributed by atoms with van der Waals surface area (Å²) in [6.07, 6.45) is 0. The molecule has 0 spiro atoms. The van der Waals surface area contributed by atoms with Crippen LogP contribution >= 0.6 is 11.3 Å². The van der Waals surface area contributed by atoms with Crippen LogP contribution in [0.5, 0.6) is 0 Å². The lowest BCUT2D eigenvalue weighted by atomic mass is 10.2. The highest BCUT2D eigenvalue weighted by atomic mass is 32.1. The van der Waals surface area contributed by atoms with E-state index in [9.17, 15) is 14.7 Å². The van der Waals surface area contributed by atoms with Crippen LogP contribution in [0.2, 0.25) is 0 Å². The Morgan fingerprint density at radius 2 is 1.83 bits per heavy atom. The number of anilines is 1. The first-order valence-corrected chi connectivity index (χ1v) is 6.12. The molecule has 4 nitrogen and oxygen atoms in total. The van der Waals surface area contributed by atoms with E-state index < -0.39 is 5.97 Å². The molecule has 0 bridgehead atoms. The van der Waals surface area contributed by atoms with Crippen LogP contribution in [0, 0.1) is 6.92 Å². The van der Waals surface area contributed by atoms with Gasteiger partial charge in [-0.05, 0) is 30.7 Å². The van der Waals surface area contributed by atoms with Gasteiger partial charge in [-0.2, -0.15) is 0 Å². The van der Waals surface area contributed by atoms with Crippen molar-refractivity contribution in [1.29, 1.82) is 0 Å². The summed E-state index contributed by atoms with van der Waals surface area (Å²) in [7, 11) is 0. The zero-order chi connectivity index (χ0) is 13.1. The third kappa shape index (κ3) is 2.75. The summed E-state index contributed by atoms with van der Waals surface area (Å²) < 4.78 is 0. The molecule has 0 saturated carbocycles. The minimum Gasteiger partial charge on any atom is -0.545 e. The molecular weight excluding hydrogens is 250 g/mol. The fourth-order valence-corrected chi connectivity index (χ4v) is 2.14. The average Bonchev–Trinajstić information content (AvgIpc) is 2.76. The Labute approximate surface area is 108 Å². The molecule has 0 aliphatic rings. The molecule has 18 heavy (non-hydrogen) atoms. The predicted octanol–water partition coefficient (Wildman–Crippen LogP) is 1.67. The van der Waals surface area contributed by atoms with Crippen LogP contribution in [-0.2, 0) is 0 Å². The number of carboxylic acid groups (broad SMARTS) is 1. The van der Waals surface area contributed by atoms with Gasteiger partial charge in [0, 0.05) is 15.9 Å². The van der Waals surface area contributed by atoms with Gasteiger partial charge in [0.15, 0.2) is 0 Å². The molecule has 92 valence electrons. The van der Waals surface area contributed by atoms with E-state index in [-0.39, 0.29) is 11.5 Å². The number of hydrogen-bond acceptors (Lipinski definition) is 4. The fourth-order valence-electron chi connectivity index (χ4n) is 1.46. The van der Waals surface area contributed by atoms with E-state index in [1.54, 1.807) is 11.4 Å². The minimum atomic E-state index is -1.23. The second kappa shape index (κ2) is 5.01. The molecule has 0 unspecified atom stereocenters. The van der Waals surface area contributed by atoms with Crippen molar-refractivity contribution in [3.05, 3.63) is 51.7 Å². The number of aromatic carboxylic acids is 1. The van der Waals surface area contributed by atoms with Gasteiger partial charge in [0.25, 0.3) is 5.91 Å². The molecule has 1 aromatic heterocycles. The van der Waals surface area contributed by atoms with Crippen LogP contribution in [0.25, 0.3) is 0 Å². The van der Waals surface area contributed by atoms with Crippen molar-refractivity contribution >= 4 is 28.9 Å². The monoisotopic (exact) mass is 260 g/mol. The fraction of sp³-hybridized carbons (Fsp3) is 0.0769. The third-order valence-electron chi connectivity index (χ3n) is 2.37. The van der Waals surface area contributed by atoms with Gasteiger partial charge < -0.3 is 15.2 Å². The van der Waals surface area contributed by atoms with E-state index in [1.807, 2.05) is 6.92 Å². The predicted molar refractivity (Wildman–Crippen MR) is 67.8 cm³/mol. The lowest BCUT2D eigenvalue weighted by molar-refractivity contribution is -0.255. The highest BCUT2D eigenvalue weighted by Crippen LogP contribution is 2.15. The number of carbonyl (C=O) groups is 2. The summed E-state index contributed by atoms with van der Waals surface area (Å²) in [5.74, 6) is -1.44. The molecule has 1 aromatic carbocycles. The maximum atomic E-state index is 11.8. The summed E-state index contributed by atoms with van der Waals surface area (Å²) >= 11 is 1.50. The third-order valence-corrected chi connectivity index (χ3v) is 3.23. The van der Waals surface area contributed by atoms with Crippen LogP contribution in [0.1, 0.15) is 25.6 Å². The van der Waals surface area contributed by atoms with E-state index in [0.717, 1.165) is 4.88 Å². The van der Waals surface area contributed by atoms with Crippen molar-refractivity contribution in [2.45, 2.75) is 6.92 Å². The van der Waals surface area contributed by atoms with Crippen LogP contribution in [0.3, 0.4) is 0 Å². The summed E-state index contributed by atoms with van der Waals surface area (Å²) in [5.41, 5.74) is 1.23. The smallest absolute Gasteiger partial charge is 0.256 e. The highest BCUT2D eigenvalue weighted by molar-refractivity contribution is 7.10. The Hall–Kier alpha value is -2.14. The van der Waals surface area contributed by atoms with Crippen molar-refractivity contribution in [2.75, 3.05) is 5.32 Å². The zero-order valence-electron chi connectivity index (χ0n) is 9.60. The molecular formula is C13H10NO3S-. The van der Waals surface area contributed by atoms with Gasteiger partial charge in [0.05, 0.1) is 11.5 Å². The van der Waals surface area contributed by atoms with E-state index in [1.165, 1.54) is 35.6 Å². The first-order valence-electron chi connectivity index (χ1n) is 5.24. The van der Waals surface area contributed by atoms with Crippen LogP contribution in [-0.4, -0.2) is 11.9 Å². The Kier molecular flexibility index (Phi) is 3.43. The number of carbonyl (C=O) groups excluding carboxylic acids is 2. The Bertz CT molecular complexity index is 587. The number of benzene rings is 1. The average molecular weight is 260 g/mol. The molecule has 0 aliphatic carbocycles. The summed E-state index contributed by atoms with van der Waals surface area (Å²) in [5, 5.41) is 15.0. The van der Waals surface area contributed by atoms with Crippen LogP contribution in [0.4, 0.5) is 5.69 Å². The molecule has 2 rings (SSSR count). The molecule has 0 aliphatic heterocycles. The Balaban J connectivity index is 2.10. The molecule has 5 heteroatoms. The van der Waals surface area contributed by atoms with Gasteiger partial charge in [-0.1, -0.05) is 12.1 Å². The zero-order valence-corrected chi connectivity index (χ0v) is 10.4. The number of hydrogen-bond donors (Lipinski definition) is 1. The normalized spacial score (nSPS) is 10.1. The number of nitrogens with one attached hydrogen (secondary N) is 1. The van der Waals surface area contributed by atoms with E-state index >= 15 is 0 Å². The van der Waals surface area contributed by atoms with Gasteiger partial charge in [-0.3, -0.25) is 4.79 Å². The number of amides is 1. The van der Waals surface area contributed by atoms with Crippen molar-refractivity contribution in [3.63, 3.8) is 0 Å². The van der Waals surface area contributed by atoms with Crippen LogP contribution < -0.4 is 10.4 Å². The molecule has 0 atom stereocenters. The largest absolute Gasteiger partial charge is 0.545 e. The maximum absolute atomic E-state index is 11.8. The van der Waals surface area contributed by atoms with E-state index in [0.29, 0.717) is 11.3 Å². The first-order chi connectivity index (χ1) is 8.56. The number of thiophene rings is 1. The summed E-state index contributed by atoms with van der Waals surface area (Å²) in [6, 6.07) is 7.65.